The number of rotatable bonds is 2. The van der Waals surface area contributed by atoms with Crippen LogP contribution in [0.4, 0.5) is 0 Å². The minimum absolute atomic E-state index is 0.106. The molecule has 0 aliphatic carbocycles. The fraction of sp³-hybridized carbons (Fsp3) is 0. The number of carbonyl (C=O) groups is 2. The van der Waals surface area contributed by atoms with E-state index in [1.54, 1.807) is 36.5 Å². The van der Waals surface area contributed by atoms with Crippen molar-refractivity contribution in [1.82, 2.24) is 15.8 Å². The number of hydrogen-bond donors (Lipinski definition) is 3. The molecule has 23 heavy (non-hydrogen) atoms. The predicted molar refractivity (Wildman–Crippen MR) is 84.8 cm³/mol. The van der Waals surface area contributed by atoms with E-state index in [9.17, 15) is 14.7 Å². The van der Waals surface area contributed by atoms with Crippen LogP contribution in [0.1, 0.15) is 20.7 Å². The van der Waals surface area contributed by atoms with E-state index < -0.39 is 11.8 Å². The number of aromatic hydroxyl groups is 1. The first-order valence-electron chi connectivity index (χ1n) is 6.88. The van der Waals surface area contributed by atoms with Gasteiger partial charge in [-0.2, -0.15) is 0 Å². The summed E-state index contributed by atoms with van der Waals surface area (Å²) >= 11 is 0. The molecule has 3 aromatic rings. The Kier molecular flexibility index (Phi) is 3.88. The maximum atomic E-state index is 12.3. The van der Waals surface area contributed by atoms with E-state index in [0.717, 1.165) is 5.39 Å². The van der Waals surface area contributed by atoms with Gasteiger partial charge in [0.2, 0.25) is 0 Å². The Morgan fingerprint density at radius 3 is 2.48 bits per heavy atom. The van der Waals surface area contributed by atoms with Gasteiger partial charge in [-0.3, -0.25) is 25.4 Å². The van der Waals surface area contributed by atoms with Gasteiger partial charge in [-0.25, -0.2) is 0 Å². The van der Waals surface area contributed by atoms with Crippen LogP contribution in [0, 0.1) is 0 Å². The predicted octanol–water partition coefficient (Wildman–Crippen LogP) is 2.02. The van der Waals surface area contributed by atoms with Crippen LogP contribution in [-0.4, -0.2) is 21.9 Å². The molecule has 0 radical (unpaired) electrons. The number of benzene rings is 2. The van der Waals surface area contributed by atoms with Gasteiger partial charge in [0, 0.05) is 12.4 Å². The number of phenols is 1. The first-order valence-corrected chi connectivity index (χ1v) is 6.88. The van der Waals surface area contributed by atoms with E-state index in [2.05, 4.69) is 15.8 Å². The molecule has 6 nitrogen and oxygen atoms in total. The molecular formula is C17H13N3O3. The SMILES string of the molecule is O=C(NNC(=O)c1c(O)ccc2ccccc12)c1cccnc1. The molecule has 2 aromatic carbocycles. The number of hydrazine groups is 1. The molecule has 3 rings (SSSR count). The quantitative estimate of drug-likeness (QED) is 0.632. The van der Waals surface area contributed by atoms with Crippen molar-refractivity contribution in [2.75, 3.05) is 0 Å². The third-order valence-corrected chi connectivity index (χ3v) is 3.35. The van der Waals surface area contributed by atoms with Crippen molar-refractivity contribution in [3.8, 4) is 5.75 Å². The van der Waals surface area contributed by atoms with E-state index >= 15 is 0 Å². The summed E-state index contributed by atoms with van der Waals surface area (Å²) in [6.45, 7) is 0. The summed E-state index contributed by atoms with van der Waals surface area (Å²) in [5.41, 5.74) is 5.02. The molecule has 1 aromatic heterocycles. The van der Waals surface area contributed by atoms with Gasteiger partial charge in [0.25, 0.3) is 11.8 Å². The number of phenolic OH excluding ortho intramolecular Hbond substituents is 1. The van der Waals surface area contributed by atoms with Crippen LogP contribution in [0.5, 0.6) is 5.75 Å². The molecule has 6 heteroatoms. The van der Waals surface area contributed by atoms with Crippen LogP contribution in [0.2, 0.25) is 0 Å². The molecule has 0 bridgehead atoms. The summed E-state index contributed by atoms with van der Waals surface area (Å²) in [5, 5.41) is 11.4. The lowest BCUT2D eigenvalue weighted by atomic mass is 10.0. The zero-order valence-electron chi connectivity index (χ0n) is 12.0. The molecule has 2 amide bonds. The molecule has 0 atom stereocenters. The van der Waals surface area contributed by atoms with Gasteiger partial charge in [-0.15, -0.1) is 0 Å². The fourth-order valence-electron chi connectivity index (χ4n) is 2.24. The number of nitrogens with one attached hydrogen (secondary N) is 2. The Morgan fingerprint density at radius 2 is 1.70 bits per heavy atom. The summed E-state index contributed by atoms with van der Waals surface area (Å²) < 4.78 is 0. The molecule has 0 saturated heterocycles. The molecular weight excluding hydrogens is 294 g/mol. The molecule has 0 spiro atoms. The average molecular weight is 307 g/mol. The highest BCUT2D eigenvalue weighted by atomic mass is 16.3. The summed E-state index contributed by atoms with van der Waals surface area (Å²) in [4.78, 5) is 28.0. The second-order valence-electron chi connectivity index (χ2n) is 4.83. The molecule has 0 aliphatic rings. The molecule has 0 fully saturated rings. The third-order valence-electron chi connectivity index (χ3n) is 3.35. The van der Waals surface area contributed by atoms with Crippen molar-refractivity contribution in [2.24, 2.45) is 0 Å². The van der Waals surface area contributed by atoms with Gasteiger partial charge in [0.15, 0.2) is 0 Å². The van der Waals surface area contributed by atoms with Crippen LogP contribution in [-0.2, 0) is 0 Å². The highest BCUT2D eigenvalue weighted by Gasteiger charge is 2.16. The summed E-state index contributed by atoms with van der Waals surface area (Å²) in [6, 6.07) is 13.5. The number of hydrogen-bond acceptors (Lipinski definition) is 4. The Labute approximate surface area is 131 Å². The van der Waals surface area contributed by atoms with E-state index in [-0.39, 0.29) is 11.3 Å². The zero-order valence-corrected chi connectivity index (χ0v) is 12.0. The topological polar surface area (TPSA) is 91.3 Å². The summed E-state index contributed by atoms with van der Waals surface area (Å²) in [7, 11) is 0. The van der Waals surface area contributed by atoms with Crippen LogP contribution in [0.3, 0.4) is 0 Å². The number of nitrogens with zero attached hydrogens (tertiary/aromatic N) is 1. The Balaban J connectivity index is 1.82. The minimum Gasteiger partial charge on any atom is -0.507 e. The monoisotopic (exact) mass is 307 g/mol. The Morgan fingerprint density at radius 1 is 0.913 bits per heavy atom. The van der Waals surface area contributed by atoms with Crippen LogP contribution in [0.15, 0.2) is 60.9 Å². The first-order chi connectivity index (χ1) is 11.2. The minimum atomic E-state index is -0.600. The lowest BCUT2D eigenvalue weighted by Gasteiger charge is -2.11. The van der Waals surface area contributed by atoms with Crippen molar-refractivity contribution < 1.29 is 14.7 Å². The van der Waals surface area contributed by atoms with Gasteiger partial charge in [-0.1, -0.05) is 30.3 Å². The van der Waals surface area contributed by atoms with E-state index in [1.165, 1.54) is 12.3 Å². The maximum absolute atomic E-state index is 12.3. The molecule has 0 saturated carbocycles. The first kappa shape index (κ1) is 14.5. The smallest absolute Gasteiger partial charge is 0.274 e. The van der Waals surface area contributed by atoms with Gasteiger partial charge in [-0.05, 0) is 29.0 Å². The van der Waals surface area contributed by atoms with E-state index in [4.69, 9.17) is 0 Å². The normalized spacial score (nSPS) is 10.3. The van der Waals surface area contributed by atoms with Crippen molar-refractivity contribution in [3.63, 3.8) is 0 Å². The molecule has 3 N–H and O–H groups in total. The molecule has 1 heterocycles. The average Bonchev–Trinajstić information content (AvgIpc) is 2.60. The molecule has 0 unspecified atom stereocenters. The van der Waals surface area contributed by atoms with Gasteiger partial charge < -0.3 is 5.11 Å². The van der Waals surface area contributed by atoms with E-state index in [1.807, 2.05) is 12.1 Å². The van der Waals surface area contributed by atoms with Crippen LogP contribution in [0.25, 0.3) is 10.8 Å². The van der Waals surface area contributed by atoms with Crippen molar-refractivity contribution >= 4 is 22.6 Å². The van der Waals surface area contributed by atoms with Gasteiger partial charge in [0.1, 0.15) is 5.75 Å². The largest absolute Gasteiger partial charge is 0.507 e. The fourth-order valence-corrected chi connectivity index (χ4v) is 2.24. The van der Waals surface area contributed by atoms with Gasteiger partial charge in [0.05, 0.1) is 11.1 Å². The summed E-state index contributed by atoms with van der Waals surface area (Å²) in [6.07, 6.45) is 2.93. The lowest BCUT2D eigenvalue weighted by molar-refractivity contribution is 0.0845. The zero-order chi connectivity index (χ0) is 16.2. The lowest BCUT2D eigenvalue weighted by Crippen LogP contribution is -2.41. The Bertz CT molecular complexity index is 879. The summed E-state index contributed by atoms with van der Waals surface area (Å²) in [5.74, 6) is -1.25. The maximum Gasteiger partial charge on any atom is 0.274 e. The standard InChI is InChI=1S/C17H13N3O3/c21-14-8-7-11-4-1-2-6-13(11)15(14)17(23)20-19-16(22)12-5-3-9-18-10-12/h1-10,21H,(H,19,22)(H,20,23). The number of carbonyl (C=O) groups excluding carboxylic acids is 2. The number of amides is 2. The Hall–Kier alpha value is -3.41. The van der Waals surface area contributed by atoms with Gasteiger partial charge >= 0.3 is 0 Å². The molecule has 0 aliphatic heterocycles. The number of aromatic nitrogens is 1. The molecule has 114 valence electrons. The third kappa shape index (κ3) is 2.96. The highest BCUT2D eigenvalue weighted by molar-refractivity contribution is 6.10. The highest BCUT2D eigenvalue weighted by Crippen LogP contribution is 2.26. The second-order valence-corrected chi connectivity index (χ2v) is 4.83. The number of pyridine rings is 1. The van der Waals surface area contributed by atoms with Crippen LogP contribution < -0.4 is 10.9 Å². The van der Waals surface area contributed by atoms with Crippen molar-refractivity contribution in [2.45, 2.75) is 0 Å². The van der Waals surface area contributed by atoms with Crippen LogP contribution >= 0.6 is 0 Å². The van der Waals surface area contributed by atoms with Crippen molar-refractivity contribution in [3.05, 3.63) is 72.1 Å². The van der Waals surface area contributed by atoms with E-state index in [0.29, 0.717) is 10.9 Å². The second kappa shape index (κ2) is 6.15. The number of fused-ring (bicyclic) bond motifs is 1. The van der Waals surface area contributed by atoms with Crippen molar-refractivity contribution in [1.29, 1.82) is 0 Å².